The number of nitrogens with zero attached hydrogens (tertiary/aromatic N) is 2. The highest BCUT2D eigenvalue weighted by Gasteiger charge is 2.02. The molecule has 0 spiro atoms. The maximum Gasteiger partial charge on any atom is 0.317 e. The summed E-state index contributed by atoms with van der Waals surface area (Å²) in [7, 11) is 3.42. The fourth-order valence-corrected chi connectivity index (χ4v) is 1.18. The summed E-state index contributed by atoms with van der Waals surface area (Å²) in [6.45, 7) is 0.557. The molecule has 1 aromatic heterocycles. The minimum atomic E-state index is -0.0802. The smallest absolute Gasteiger partial charge is 0.317 e. The van der Waals surface area contributed by atoms with E-state index < -0.39 is 0 Å². The summed E-state index contributed by atoms with van der Waals surface area (Å²) in [5, 5.41) is 2.74. The third-order valence-electron chi connectivity index (χ3n) is 1.30. The van der Waals surface area contributed by atoms with Crippen molar-refractivity contribution in [1.29, 1.82) is 0 Å². The molecule has 1 rings (SSSR count). The van der Waals surface area contributed by atoms with Crippen molar-refractivity contribution < 1.29 is 4.79 Å². The van der Waals surface area contributed by atoms with Crippen molar-refractivity contribution in [2.45, 2.75) is 6.54 Å². The van der Waals surface area contributed by atoms with Gasteiger partial charge in [-0.2, -0.15) is 0 Å². The van der Waals surface area contributed by atoms with E-state index in [1.807, 2.05) is 0 Å². The number of carbonyl (C=O) groups excluding carboxylic acids is 1. The van der Waals surface area contributed by atoms with Crippen LogP contribution in [0.2, 0.25) is 0 Å². The number of hydrogen-bond donors (Lipinski definition) is 1. The molecule has 1 heterocycles. The highest BCUT2D eigenvalue weighted by Crippen LogP contribution is 2.03. The maximum absolute atomic E-state index is 11.0. The normalized spacial score (nSPS) is 9.50. The second-order valence-electron chi connectivity index (χ2n) is 2.52. The van der Waals surface area contributed by atoms with Crippen LogP contribution in [0.15, 0.2) is 11.7 Å². The van der Waals surface area contributed by atoms with Crippen LogP contribution in [0.25, 0.3) is 0 Å². The molecule has 0 saturated carbocycles. The SMILES string of the molecule is CN(C)C(=O)NCc1cncs1. The van der Waals surface area contributed by atoms with E-state index in [0.29, 0.717) is 6.54 Å². The molecule has 0 aliphatic rings. The van der Waals surface area contributed by atoms with E-state index in [0.717, 1.165) is 4.88 Å². The molecule has 2 amide bonds. The number of thiazole rings is 1. The van der Waals surface area contributed by atoms with Gasteiger partial charge in [0.25, 0.3) is 0 Å². The number of carbonyl (C=O) groups is 1. The van der Waals surface area contributed by atoms with Crippen LogP contribution in [-0.2, 0) is 6.54 Å². The topological polar surface area (TPSA) is 45.2 Å². The zero-order valence-corrected chi connectivity index (χ0v) is 7.89. The van der Waals surface area contributed by atoms with Gasteiger partial charge in [-0.3, -0.25) is 4.98 Å². The number of nitrogens with one attached hydrogen (secondary N) is 1. The monoisotopic (exact) mass is 185 g/mol. The summed E-state index contributed by atoms with van der Waals surface area (Å²) in [6, 6.07) is -0.0802. The second-order valence-corrected chi connectivity index (χ2v) is 3.49. The summed E-state index contributed by atoms with van der Waals surface area (Å²) in [4.78, 5) is 17.5. The number of amides is 2. The highest BCUT2D eigenvalue weighted by molar-refractivity contribution is 7.09. The van der Waals surface area contributed by atoms with Gasteiger partial charge in [0.05, 0.1) is 12.1 Å². The molecule has 0 unspecified atom stereocenters. The van der Waals surface area contributed by atoms with E-state index in [1.54, 1.807) is 25.8 Å². The van der Waals surface area contributed by atoms with Crippen molar-refractivity contribution in [2.75, 3.05) is 14.1 Å². The van der Waals surface area contributed by atoms with Crippen molar-refractivity contribution in [3.05, 3.63) is 16.6 Å². The first-order valence-electron chi connectivity index (χ1n) is 3.52. The Balaban J connectivity index is 2.32. The molecular formula is C7H11N3OS. The largest absolute Gasteiger partial charge is 0.333 e. The van der Waals surface area contributed by atoms with E-state index in [-0.39, 0.29) is 6.03 Å². The zero-order chi connectivity index (χ0) is 8.97. The Morgan fingerprint density at radius 1 is 1.75 bits per heavy atom. The van der Waals surface area contributed by atoms with Crippen LogP contribution >= 0.6 is 11.3 Å². The van der Waals surface area contributed by atoms with Crippen LogP contribution in [0.4, 0.5) is 4.79 Å². The lowest BCUT2D eigenvalue weighted by atomic mass is 10.5. The minimum absolute atomic E-state index is 0.0802. The molecule has 66 valence electrons. The molecule has 0 fully saturated rings. The molecule has 0 radical (unpaired) electrons. The average Bonchev–Trinajstić information content (AvgIpc) is 2.51. The van der Waals surface area contributed by atoms with Gasteiger partial charge in [-0.25, -0.2) is 4.79 Å². The number of rotatable bonds is 2. The Bertz CT molecular complexity index is 245. The fourth-order valence-electron chi connectivity index (χ4n) is 0.650. The van der Waals surface area contributed by atoms with E-state index in [9.17, 15) is 4.79 Å². The lowest BCUT2D eigenvalue weighted by Crippen LogP contribution is -2.33. The molecule has 0 aliphatic carbocycles. The summed E-state index contributed by atoms with van der Waals surface area (Å²) in [5.41, 5.74) is 1.75. The average molecular weight is 185 g/mol. The lowest BCUT2D eigenvalue weighted by molar-refractivity contribution is 0.217. The Kier molecular flexibility index (Phi) is 3.04. The molecule has 12 heavy (non-hydrogen) atoms. The molecule has 0 bridgehead atoms. The van der Waals surface area contributed by atoms with Crippen molar-refractivity contribution in [3.8, 4) is 0 Å². The zero-order valence-electron chi connectivity index (χ0n) is 7.07. The van der Waals surface area contributed by atoms with Gasteiger partial charge in [0.15, 0.2) is 0 Å². The molecule has 0 atom stereocenters. The molecule has 1 N–H and O–H groups in total. The lowest BCUT2D eigenvalue weighted by Gasteiger charge is -2.10. The van der Waals surface area contributed by atoms with Crippen LogP contribution < -0.4 is 5.32 Å². The minimum Gasteiger partial charge on any atom is -0.333 e. The first-order chi connectivity index (χ1) is 5.70. The Morgan fingerprint density at radius 3 is 3.00 bits per heavy atom. The van der Waals surface area contributed by atoms with Crippen LogP contribution in [0.1, 0.15) is 4.88 Å². The third-order valence-corrected chi connectivity index (χ3v) is 2.08. The van der Waals surface area contributed by atoms with Crippen LogP contribution in [0, 0.1) is 0 Å². The van der Waals surface area contributed by atoms with Gasteiger partial charge in [-0.15, -0.1) is 11.3 Å². The number of urea groups is 1. The third kappa shape index (κ3) is 2.50. The van der Waals surface area contributed by atoms with Gasteiger partial charge < -0.3 is 10.2 Å². The predicted octanol–water partition coefficient (Wildman–Crippen LogP) is 0.914. The van der Waals surface area contributed by atoms with Gasteiger partial charge in [0.2, 0.25) is 0 Å². The van der Waals surface area contributed by atoms with Crippen molar-refractivity contribution >= 4 is 17.4 Å². The Morgan fingerprint density at radius 2 is 2.50 bits per heavy atom. The van der Waals surface area contributed by atoms with Crippen molar-refractivity contribution in [3.63, 3.8) is 0 Å². The summed E-state index contributed by atoms with van der Waals surface area (Å²) < 4.78 is 0. The van der Waals surface area contributed by atoms with Crippen molar-refractivity contribution in [1.82, 2.24) is 15.2 Å². The quantitative estimate of drug-likeness (QED) is 0.744. The Hall–Kier alpha value is -1.10. The summed E-state index contributed by atoms with van der Waals surface area (Å²) in [6.07, 6.45) is 1.75. The Labute approximate surface area is 75.2 Å². The molecule has 1 aromatic rings. The van der Waals surface area contributed by atoms with Gasteiger partial charge in [0.1, 0.15) is 0 Å². The highest BCUT2D eigenvalue weighted by atomic mass is 32.1. The maximum atomic E-state index is 11.0. The van der Waals surface area contributed by atoms with Crippen molar-refractivity contribution in [2.24, 2.45) is 0 Å². The van der Waals surface area contributed by atoms with Gasteiger partial charge in [-0.05, 0) is 0 Å². The predicted molar refractivity (Wildman–Crippen MR) is 48.0 cm³/mol. The summed E-state index contributed by atoms with van der Waals surface area (Å²) in [5.74, 6) is 0. The van der Waals surface area contributed by atoms with Crippen LogP contribution in [0.5, 0.6) is 0 Å². The second kappa shape index (κ2) is 4.06. The fraction of sp³-hybridized carbons (Fsp3) is 0.429. The van der Waals surface area contributed by atoms with Gasteiger partial charge in [-0.1, -0.05) is 0 Å². The standard InChI is InChI=1S/C7H11N3OS/c1-10(2)7(11)9-4-6-3-8-5-12-6/h3,5H,4H2,1-2H3,(H,9,11). The molecule has 0 saturated heterocycles. The number of aromatic nitrogens is 1. The number of hydrogen-bond acceptors (Lipinski definition) is 3. The van der Waals surface area contributed by atoms with E-state index in [1.165, 1.54) is 16.2 Å². The first-order valence-corrected chi connectivity index (χ1v) is 4.40. The van der Waals surface area contributed by atoms with Gasteiger partial charge in [0, 0.05) is 25.2 Å². The van der Waals surface area contributed by atoms with Crippen LogP contribution in [-0.4, -0.2) is 30.0 Å². The van der Waals surface area contributed by atoms with E-state index in [4.69, 9.17) is 0 Å². The molecule has 5 heteroatoms. The molecule has 0 aromatic carbocycles. The summed E-state index contributed by atoms with van der Waals surface area (Å²) >= 11 is 1.53. The van der Waals surface area contributed by atoms with E-state index in [2.05, 4.69) is 10.3 Å². The molecule has 4 nitrogen and oxygen atoms in total. The molecular weight excluding hydrogens is 174 g/mol. The molecule has 0 aliphatic heterocycles. The van der Waals surface area contributed by atoms with Gasteiger partial charge >= 0.3 is 6.03 Å². The first kappa shape index (κ1) is 8.99. The van der Waals surface area contributed by atoms with E-state index >= 15 is 0 Å². The van der Waals surface area contributed by atoms with Crippen LogP contribution in [0.3, 0.4) is 0 Å².